The molecule has 0 aromatic heterocycles. The molecule has 0 bridgehead atoms. The molecule has 12 rings (SSSR count). The monoisotopic (exact) mass is 1630 g/mol. The average molecular weight is 1630 g/mol. The molecule has 0 aliphatic carbocycles. The van der Waals surface area contributed by atoms with Gasteiger partial charge in [0.25, 0.3) is 0 Å². The highest BCUT2D eigenvalue weighted by Gasteiger charge is 2.19. The van der Waals surface area contributed by atoms with Gasteiger partial charge in [-0.15, -0.1) is 0 Å². The quantitative estimate of drug-likeness (QED) is 0.0138. The number of hydrogen-bond donors (Lipinski definition) is 16. The summed E-state index contributed by atoms with van der Waals surface area (Å²) in [5.41, 5.74) is 63.7. The van der Waals surface area contributed by atoms with E-state index in [1.165, 1.54) is 52.1 Å². The van der Waals surface area contributed by atoms with Gasteiger partial charge in [-0.25, -0.2) is 8.78 Å². The van der Waals surface area contributed by atoms with E-state index in [1.54, 1.807) is 48.5 Å². The Morgan fingerprint density at radius 2 is 0.471 bits per heavy atom. The standard InChI is InChI=1S/C26H28F2N4O2.C25H28N4.2C23H24N4O2/c1-26(2,3)19-9-15(13-33-22-6-4-17(24(29)30)11-20(22)27)8-16(10-19)14-34-23-7-5-18(25(31)32)12-21(23)28;1-17-14-20(4-2-18-6-10-22(11-7-18)24(26)27)16-21(15-17)5-3-19-8-12-23(13-9-19)25(28)29;1-15-10-16(13-28-20-6-2-18(3-7-20)22(24)25)12-17(11-15)14-29-21-8-4-19(5-9-21)23(26)27;1-15-10-20(28-13-16-2-6-18(7-3-16)22(24)25)12-21(11-15)29-14-17-4-8-19(9-5-17)23(26)27/h4-12H,13-14H2,1-3H3,(H3,29,30)(H3,31,32);6-16H,2-5H2,1H3,(H3,26,27)(H3,28,29);2*2-12H,13-14H2,1H3,(H3,24,25)(H3,26,27). The molecule has 0 radical (unpaired) electrons. The molecule has 121 heavy (non-hydrogen) atoms. The molecule has 0 unspecified atom stereocenters. The fourth-order valence-corrected chi connectivity index (χ4v) is 12.5. The molecular formula is C97H104F2N16O6. The van der Waals surface area contributed by atoms with Crippen molar-refractivity contribution in [2.45, 2.75) is 112 Å². The van der Waals surface area contributed by atoms with E-state index in [9.17, 15) is 8.78 Å². The fourth-order valence-electron chi connectivity index (χ4n) is 12.5. The summed E-state index contributed by atoms with van der Waals surface area (Å²) < 4.78 is 63.5. The predicted octanol–water partition coefficient (Wildman–Crippen LogP) is 16.6. The fraction of sp³-hybridized carbons (Fsp3) is 0.175. The number of nitrogens with one attached hydrogen (secondary N) is 8. The molecule has 0 saturated carbocycles. The van der Waals surface area contributed by atoms with Crippen LogP contribution in [0.2, 0.25) is 0 Å². The minimum Gasteiger partial charge on any atom is -0.489 e. The van der Waals surface area contributed by atoms with Crippen molar-refractivity contribution in [3.05, 3.63) is 389 Å². The Labute approximate surface area is 704 Å². The summed E-state index contributed by atoms with van der Waals surface area (Å²) in [4.78, 5) is 0. The maximum atomic E-state index is 14.3. The third-order valence-corrected chi connectivity index (χ3v) is 19.0. The van der Waals surface area contributed by atoms with Crippen LogP contribution in [0, 0.1) is 75.7 Å². The maximum Gasteiger partial charge on any atom is 0.165 e. The summed E-state index contributed by atoms with van der Waals surface area (Å²) in [7, 11) is 0. The van der Waals surface area contributed by atoms with Gasteiger partial charge in [0.15, 0.2) is 23.1 Å². The van der Waals surface area contributed by atoms with E-state index in [0.29, 0.717) is 48.7 Å². The number of nitrogen functional groups attached to an aromatic ring is 8. The van der Waals surface area contributed by atoms with Crippen LogP contribution in [-0.4, -0.2) is 46.7 Å². The first-order valence-corrected chi connectivity index (χ1v) is 38.8. The van der Waals surface area contributed by atoms with Gasteiger partial charge in [-0.2, -0.15) is 0 Å². The molecule has 12 aromatic rings. The van der Waals surface area contributed by atoms with Gasteiger partial charge < -0.3 is 74.3 Å². The molecule has 0 amide bonds. The van der Waals surface area contributed by atoms with Gasteiger partial charge in [-0.3, -0.25) is 43.3 Å². The minimum absolute atomic E-state index is 0.0378. The van der Waals surface area contributed by atoms with E-state index in [2.05, 4.69) is 88.4 Å². The van der Waals surface area contributed by atoms with Gasteiger partial charge in [-0.05, 0) is 228 Å². The summed E-state index contributed by atoms with van der Waals surface area (Å²) in [5, 5.41) is 59.5. The number of aryl methyl sites for hydroxylation is 7. The van der Waals surface area contributed by atoms with Gasteiger partial charge in [0.2, 0.25) is 0 Å². The second kappa shape index (κ2) is 42.8. The SMILES string of the molecule is CC(C)(C)c1cc(COc2ccc(C(=N)N)cc2F)cc(COc2ccc(C(=N)N)cc2F)c1.Cc1cc(CCc2ccc(C(=N)N)cc2)cc(CCc2ccc(C(=N)N)cc2)c1.Cc1cc(COc2ccc(C(=N)N)cc2)cc(COc2ccc(C(=N)N)cc2)c1.Cc1cc(OCc2ccc(C(=N)N)cc2)cc(OCc2ccc(C(=N)N)cc2)c1. The van der Waals surface area contributed by atoms with Crippen LogP contribution in [0.25, 0.3) is 0 Å². The summed E-state index contributed by atoms with van der Waals surface area (Å²) in [6.07, 6.45) is 3.91. The number of halogens is 2. The smallest absolute Gasteiger partial charge is 0.165 e. The van der Waals surface area contributed by atoms with E-state index in [1.807, 2.05) is 123 Å². The zero-order chi connectivity index (χ0) is 87.5. The number of amidine groups is 8. The van der Waals surface area contributed by atoms with Crippen LogP contribution in [0.15, 0.2) is 255 Å². The Hall–Kier alpha value is -14.9. The average Bonchev–Trinajstić information content (AvgIpc) is 0.820. The molecule has 12 aromatic carbocycles. The molecule has 0 aliphatic heterocycles. The Morgan fingerprint density at radius 3 is 0.769 bits per heavy atom. The second-order valence-electron chi connectivity index (χ2n) is 30.1. The number of ether oxygens (including phenoxy) is 6. The lowest BCUT2D eigenvalue weighted by molar-refractivity contribution is 0.284. The molecule has 0 heterocycles. The lowest BCUT2D eigenvalue weighted by atomic mass is 9.85. The molecule has 0 aliphatic rings. The van der Waals surface area contributed by atoms with Crippen LogP contribution in [0.5, 0.6) is 34.5 Å². The van der Waals surface area contributed by atoms with Crippen molar-refractivity contribution in [3.63, 3.8) is 0 Å². The van der Waals surface area contributed by atoms with Gasteiger partial charge in [0, 0.05) is 50.6 Å². The van der Waals surface area contributed by atoms with Crippen molar-refractivity contribution in [2.24, 2.45) is 45.9 Å². The van der Waals surface area contributed by atoms with E-state index in [-0.39, 0.29) is 87.9 Å². The van der Waals surface area contributed by atoms with Crippen molar-refractivity contribution in [3.8, 4) is 34.5 Å². The maximum absolute atomic E-state index is 14.3. The van der Waals surface area contributed by atoms with Crippen LogP contribution < -0.4 is 74.3 Å². The molecule has 24 N–H and O–H groups in total. The lowest BCUT2D eigenvalue weighted by Crippen LogP contribution is -2.14. The van der Waals surface area contributed by atoms with E-state index in [4.69, 9.17) is 118 Å². The van der Waals surface area contributed by atoms with Gasteiger partial charge in [-0.1, -0.05) is 171 Å². The second-order valence-corrected chi connectivity index (χ2v) is 30.1. The summed E-state index contributed by atoms with van der Waals surface area (Å²) in [5.74, 6) is 1.74. The highest BCUT2D eigenvalue weighted by molar-refractivity contribution is 5.98. The highest BCUT2D eigenvalue weighted by atomic mass is 19.1. The van der Waals surface area contributed by atoms with Crippen molar-refractivity contribution in [1.82, 2.24) is 0 Å². The van der Waals surface area contributed by atoms with E-state index < -0.39 is 11.6 Å². The molecular weight excluding hydrogens is 1520 g/mol. The van der Waals surface area contributed by atoms with E-state index in [0.717, 1.165) is 122 Å². The van der Waals surface area contributed by atoms with Crippen LogP contribution in [0.1, 0.15) is 143 Å². The van der Waals surface area contributed by atoms with Crippen molar-refractivity contribution < 1.29 is 37.2 Å². The largest absolute Gasteiger partial charge is 0.489 e. The summed E-state index contributed by atoms with van der Waals surface area (Å²) >= 11 is 0. The Balaban J connectivity index is 0.000000184. The van der Waals surface area contributed by atoms with Crippen molar-refractivity contribution in [1.29, 1.82) is 43.3 Å². The topological polar surface area (TPSA) is 454 Å². The summed E-state index contributed by atoms with van der Waals surface area (Å²) in [6, 6.07) is 77.9. The number of rotatable bonds is 32. The lowest BCUT2D eigenvalue weighted by Gasteiger charge is -2.22. The highest BCUT2D eigenvalue weighted by Crippen LogP contribution is 2.30. The molecule has 622 valence electrons. The first kappa shape index (κ1) is 90.0. The number of nitrogens with two attached hydrogens (primary N) is 8. The van der Waals surface area contributed by atoms with Crippen molar-refractivity contribution >= 4 is 46.7 Å². The van der Waals surface area contributed by atoms with Crippen molar-refractivity contribution in [2.75, 3.05) is 0 Å². The summed E-state index contributed by atoms with van der Waals surface area (Å²) in [6.45, 7) is 14.3. The first-order valence-electron chi connectivity index (χ1n) is 38.8. The Morgan fingerprint density at radius 1 is 0.240 bits per heavy atom. The number of hydrogen-bond acceptors (Lipinski definition) is 14. The van der Waals surface area contributed by atoms with Crippen LogP contribution in [-0.2, 0) is 70.7 Å². The molecule has 0 atom stereocenters. The first-order chi connectivity index (χ1) is 57.6. The minimum atomic E-state index is -0.604. The Bertz CT molecular complexity index is 4940. The zero-order valence-corrected chi connectivity index (χ0v) is 68.6. The van der Waals surface area contributed by atoms with E-state index >= 15 is 0 Å². The van der Waals surface area contributed by atoms with Crippen LogP contribution in [0.3, 0.4) is 0 Å². The molecule has 0 spiro atoms. The molecule has 0 fully saturated rings. The normalized spacial score (nSPS) is 10.7. The van der Waals surface area contributed by atoms with Gasteiger partial charge in [0.1, 0.15) is 109 Å². The van der Waals surface area contributed by atoms with Crippen LogP contribution >= 0.6 is 0 Å². The third kappa shape index (κ3) is 28.7. The van der Waals surface area contributed by atoms with Gasteiger partial charge >= 0.3 is 0 Å². The Kier molecular flexibility index (Phi) is 31.8. The molecule has 22 nitrogen and oxygen atoms in total. The number of benzene rings is 12. The van der Waals surface area contributed by atoms with Gasteiger partial charge in [0.05, 0.1) is 0 Å². The zero-order valence-electron chi connectivity index (χ0n) is 68.6. The predicted molar refractivity (Wildman–Crippen MR) is 479 cm³/mol. The third-order valence-electron chi connectivity index (χ3n) is 19.0. The van der Waals surface area contributed by atoms with Crippen LogP contribution in [0.4, 0.5) is 8.78 Å². The molecule has 0 saturated heterocycles. The molecule has 24 heteroatoms.